The Morgan fingerprint density at radius 2 is 1.79 bits per heavy atom. The molecule has 0 unspecified atom stereocenters. The lowest BCUT2D eigenvalue weighted by atomic mass is 9.99. The van der Waals surface area contributed by atoms with Gasteiger partial charge in [0.05, 0.1) is 18.9 Å². The van der Waals surface area contributed by atoms with Crippen LogP contribution in [0, 0.1) is 0 Å². The third kappa shape index (κ3) is 4.55. The fourth-order valence-electron chi connectivity index (χ4n) is 3.64. The minimum atomic E-state index is -0.580. The van der Waals surface area contributed by atoms with Crippen molar-refractivity contribution < 1.29 is 19.1 Å². The molecule has 33 heavy (non-hydrogen) atoms. The van der Waals surface area contributed by atoms with Crippen molar-refractivity contribution in [3.63, 3.8) is 0 Å². The highest BCUT2D eigenvalue weighted by molar-refractivity contribution is 7.80. The molecule has 1 N–H and O–H groups in total. The summed E-state index contributed by atoms with van der Waals surface area (Å²) in [5.41, 5.74) is 0.997. The summed E-state index contributed by atoms with van der Waals surface area (Å²) < 4.78 is 11.5. The SMILES string of the molecule is CCOc1ccc2ccc(OCC)c(/C=C3\C(=O)NC(=S)N(c4cccc(Cl)c4)C3=O)c2c1. The van der Waals surface area contributed by atoms with E-state index in [-0.39, 0.29) is 10.7 Å². The standard InChI is InChI=1S/C25H21ClN2O4S/c1-3-31-18-10-8-15-9-11-22(32-4-2)20(19(15)13-18)14-21-23(29)27-25(33)28(24(21)30)17-7-5-6-16(26)12-17/h5-14H,3-4H2,1-2H3,(H,27,29,33)/b21-14+. The quantitative estimate of drug-likeness (QED) is 0.301. The molecule has 0 aliphatic carbocycles. The van der Waals surface area contributed by atoms with Crippen LogP contribution in [0.25, 0.3) is 16.8 Å². The van der Waals surface area contributed by atoms with Crippen LogP contribution >= 0.6 is 23.8 Å². The first kappa shape index (κ1) is 22.8. The van der Waals surface area contributed by atoms with Crippen molar-refractivity contribution in [3.8, 4) is 11.5 Å². The first-order valence-electron chi connectivity index (χ1n) is 10.4. The van der Waals surface area contributed by atoms with Crippen LogP contribution in [0.1, 0.15) is 19.4 Å². The molecule has 2 amide bonds. The summed E-state index contributed by atoms with van der Waals surface area (Å²) in [6.07, 6.45) is 1.54. The normalized spacial score (nSPS) is 15.2. The maximum Gasteiger partial charge on any atom is 0.270 e. The number of carbonyl (C=O) groups is 2. The number of benzene rings is 3. The van der Waals surface area contributed by atoms with Gasteiger partial charge in [-0.05, 0) is 79.3 Å². The van der Waals surface area contributed by atoms with E-state index in [1.807, 2.05) is 44.2 Å². The smallest absolute Gasteiger partial charge is 0.270 e. The minimum Gasteiger partial charge on any atom is -0.494 e. The van der Waals surface area contributed by atoms with Crippen molar-refractivity contribution in [2.45, 2.75) is 13.8 Å². The molecule has 1 fully saturated rings. The number of ether oxygens (including phenoxy) is 2. The van der Waals surface area contributed by atoms with Gasteiger partial charge >= 0.3 is 0 Å². The number of rotatable bonds is 6. The van der Waals surface area contributed by atoms with E-state index < -0.39 is 11.8 Å². The van der Waals surface area contributed by atoms with Crippen LogP contribution < -0.4 is 19.7 Å². The molecule has 4 rings (SSSR count). The Kier molecular flexibility index (Phi) is 6.62. The summed E-state index contributed by atoms with van der Waals surface area (Å²) in [6, 6.07) is 16.1. The summed E-state index contributed by atoms with van der Waals surface area (Å²) in [7, 11) is 0. The third-order valence-electron chi connectivity index (χ3n) is 5.06. The van der Waals surface area contributed by atoms with Crippen LogP contribution in [0.3, 0.4) is 0 Å². The van der Waals surface area contributed by atoms with E-state index in [4.69, 9.17) is 33.3 Å². The minimum absolute atomic E-state index is 0.00833. The highest BCUT2D eigenvalue weighted by Crippen LogP contribution is 2.34. The van der Waals surface area contributed by atoms with Crippen LogP contribution in [-0.4, -0.2) is 30.1 Å². The molecule has 1 aliphatic heterocycles. The number of nitrogens with one attached hydrogen (secondary N) is 1. The fraction of sp³-hybridized carbons (Fsp3) is 0.160. The zero-order valence-corrected chi connectivity index (χ0v) is 19.6. The Labute approximate surface area is 201 Å². The number of anilines is 1. The first-order valence-corrected chi connectivity index (χ1v) is 11.2. The maximum absolute atomic E-state index is 13.4. The summed E-state index contributed by atoms with van der Waals surface area (Å²) in [6.45, 7) is 4.71. The lowest BCUT2D eigenvalue weighted by Gasteiger charge is -2.29. The molecule has 0 atom stereocenters. The summed E-state index contributed by atoms with van der Waals surface area (Å²) in [5, 5.41) is 4.75. The second kappa shape index (κ2) is 9.60. The van der Waals surface area contributed by atoms with Crippen molar-refractivity contribution in [3.05, 3.63) is 70.8 Å². The first-order chi connectivity index (χ1) is 15.9. The molecule has 0 bridgehead atoms. The zero-order chi connectivity index (χ0) is 23.5. The number of fused-ring (bicyclic) bond motifs is 1. The third-order valence-corrected chi connectivity index (χ3v) is 5.58. The number of carbonyl (C=O) groups excluding carboxylic acids is 2. The second-order valence-electron chi connectivity index (χ2n) is 7.16. The Morgan fingerprint density at radius 1 is 1.03 bits per heavy atom. The van der Waals surface area contributed by atoms with Gasteiger partial charge in [-0.15, -0.1) is 0 Å². The van der Waals surface area contributed by atoms with Crippen molar-refractivity contribution in [2.75, 3.05) is 18.1 Å². The molecule has 0 spiro atoms. The van der Waals surface area contributed by atoms with Gasteiger partial charge in [0.15, 0.2) is 5.11 Å². The molecule has 3 aromatic carbocycles. The van der Waals surface area contributed by atoms with E-state index in [1.165, 1.54) is 4.90 Å². The molecule has 6 nitrogen and oxygen atoms in total. The van der Waals surface area contributed by atoms with Crippen molar-refractivity contribution >= 4 is 63.3 Å². The van der Waals surface area contributed by atoms with Crippen molar-refractivity contribution in [2.24, 2.45) is 0 Å². The largest absolute Gasteiger partial charge is 0.494 e. The van der Waals surface area contributed by atoms with Gasteiger partial charge < -0.3 is 9.47 Å². The summed E-state index contributed by atoms with van der Waals surface area (Å²) in [4.78, 5) is 27.5. The maximum atomic E-state index is 13.4. The van der Waals surface area contributed by atoms with Crippen LogP contribution in [0.5, 0.6) is 11.5 Å². The predicted octanol–water partition coefficient (Wildman–Crippen LogP) is 5.12. The fourth-order valence-corrected chi connectivity index (χ4v) is 4.11. The molecule has 1 saturated heterocycles. The van der Waals surface area contributed by atoms with Crippen molar-refractivity contribution in [1.82, 2.24) is 5.32 Å². The van der Waals surface area contributed by atoms with Gasteiger partial charge in [0, 0.05) is 10.6 Å². The lowest BCUT2D eigenvalue weighted by molar-refractivity contribution is -0.122. The highest BCUT2D eigenvalue weighted by Gasteiger charge is 2.35. The average molecular weight is 481 g/mol. The molecule has 0 radical (unpaired) electrons. The van der Waals surface area contributed by atoms with Crippen LogP contribution in [0.15, 0.2) is 60.2 Å². The number of halogens is 1. The molecule has 168 valence electrons. The van der Waals surface area contributed by atoms with Gasteiger partial charge in [-0.25, -0.2) is 0 Å². The second-order valence-corrected chi connectivity index (χ2v) is 7.99. The number of hydrogen-bond acceptors (Lipinski definition) is 5. The van der Waals surface area contributed by atoms with E-state index >= 15 is 0 Å². The lowest BCUT2D eigenvalue weighted by Crippen LogP contribution is -2.54. The Balaban J connectivity index is 1.88. The molecule has 0 saturated carbocycles. The van der Waals surface area contributed by atoms with Gasteiger partial charge in [0.2, 0.25) is 0 Å². The van der Waals surface area contributed by atoms with Crippen LogP contribution in [-0.2, 0) is 9.59 Å². The van der Waals surface area contributed by atoms with Crippen molar-refractivity contribution in [1.29, 1.82) is 0 Å². The Hall–Kier alpha value is -3.42. The van der Waals surface area contributed by atoms with Gasteiger partial charge in [-0.1, -0.05) is 29.8 Å². The van der Waals surface area contributed by atoms with E-state index in [0.29, 0.717) is 41.0 Å². The number of nitrogens with zero attached hydrogens (tertiary/aromatic N) is 1. The number of thiocarbonyl (C=S) groups is 1. The molecular formula is C25H21ClN2O4S. The predicted molar refractivity (Wildman–Crippen MR) is 134 cm³/mol. The Bertz CT molecular complexity index is 1300. The topological polar surface area (TPSA) is 67.9 Å². The van der Waals surface area contributed by atoms with Gasteiger partial charge in [-0.2, -0.15) is 0 Å². The van der Waals surface area contributed by atoms with Crippen LogP contribution in [0.4, 0.5) is 5.69 Å². The van der Waals surface area contributed by atoms with Gasteiger partial charge in [-0.3, -0.25) is 19.8 Å². The molecule has 1 aliphatic rings. The van der Waals surface area contributed by atoms with E-state index in [9.17, 15) is 9.59 Å². The molecule has 0 aromatic heterocycles. The summed E-state index contributed by atoms with van der Waals surface area (Å²) >= 11 is 11.4. The molecular weight excluding hydrogens is 460 g/mol. The summed E-state index contributed by atoms with van der Waals surface area (Å²) in [5.74, 6) is 0.101. The molecule has 8 heteroatoms. The molecule has 1 heterocycles. The monoisotopic (exact) mass is 480 g/mol. The van der Waals surface area contributed by atoms with E-state index in [2.05, 4.69) is 5.32 Å². The van der Waals surface area contributed by atoms with E-state index in [1.54, 1.807) is 30.3 Å². The molecule has 3 aromatic rings. The zero-order valence-electron chi connectivity index (χ0n) is 18.1. The average Bonchev–Trinajstić information content (AvgIpc) is 2.78. The van der Waals surface area contributed by atoms with Gasteiger partial charge in [0.25, 0.3) is 11.8 Å². The Morgan fingerprint density at radius 3 is 2.52 bits per heavy atom. The number of amides is 2. The van der Waals surface area contributed by atoms with Gasteiger partial charge in [0.1, 0.15) is 17.1 Å². The number of hydrogen-bond donors (Lipinski definition) is 1. The van der Waals surface area contributed by atoms with Crippen LogP contribution in [0.2, 0.25) is 5.02 Å². The highest BCUT2D eigenvalue weighted by atomic mass is 35.5. The van der Waals surface area contributed by atoms with E-state index in [0.717, 1.165) is 10.8 Å².